The Labute approximate surface area is 55.7 Å². The second-order valence-electron chi connectivity index (χ2n) is 2.41. The van der Waals surface area contributed by atoms with E-state index in [9.17, 15) is 0 Å². The highest BCUT2D eigenvalue weighted by atomic mass is 16.5. The summed E-state index contributed by atoms with van der Waals surface area (Å²) in [5.74, 6) is 9.07. The summed E-state index contributed by atoms with van der Waals surface area (Å²) in [6, 6.07) is 0.245. The van der Waals surface area contributed by atoms with E-state index in [1.54, 1.807) is 7.11 Å². The largest absolute Gasteiger partial charge is 0.383 e. The van der Waals surface area contributed by atoms with Gasteiger partial charge in [-0.15, -0.1) is 0 Å². The third-order valence-corrected chi connectivity index (χ3v) is 1.71. The second-order valence-corrected chi connectivity index (χ2v) is 2.41. The molecular formula is C6H12N2O. The number of ether oxygens (including phenoxy) is 1. The highest BCUT2D eigenvalue weighted by Gasteiger charge is 2.22. The molecule has 1 aliphatic rings. The maximum atomic E-state index is 9.07. The average molecular weight is 128 g/mol. The first-order chi connectivity index (χ1) is 4.34. The van der Waals surface area contributed by atoms with E-state index in [0.717, 1.165) is 19.4 Å². The quantitative estimate of drug-likeness (QED) is 0.528. The molecule has 0 aromatic rings. The summed E-state index contributed by atoms with van der Waals surface area (Å²) >= 11 is 0. The molecule has 0 aromatic carbocycles. The molecule has 1 aliphatic heterocycles. The van der Waals surface area contributed by atoms with Gasteiger partial charge in [-0.1, -0.05) is 0 Å². The lowest BCUT2D eigenvalue weighted by Crippen LogP contribution is -2.31. The number of methoxy groups -OCH3 is 1. The van der Waals surface area contributed by atoms with Crippen molar-refractivity contribution in [3.8, 4) is 0 Å². The number of hydrogen-bond acceptors (Lipinski definition) is 2. The van der Waals surface area contributed by atoms with Crippen LogP contribution >= 0.6 is 0 Å². The molecule has 1 fully saturated rings. The van der Waals surface area contributed by atoms with Gasteiger partial charge in [-0.25, -0.2) is 5.01 Å². The van der Waals surface area contributed by atoms with Crippen molar-refractivity contribution in [3.63, 3.8) is 0 Å². The molecule has 0 spiro atoms. The van der Waals surface area contributed by atoms with Crippen LogP contribution < -0.4 is 5.84 Å². The second kappa shape index (κ2) is 3.15. The fraction of sp³-hybridized carbons (Fsp3) is 1.00. The molecule has 1 unspecified atom stereocenters. The Bertz CT molecular complexity index is 87.1. The van der Waals surface area contributed by atoms with Crippen LogP contribution in [0.1, 0.15) is 12.8 Å². The summed E-state index contributed by atoms with van der Waals surface area (Å²) in [5, 5.41) is 1.36. The minimum absolute atomic E-state index is 0.245. The number of rotatable bonds is 2. The summed E-state index contributed by atoms with van der Waals surface area (Å²) in [4.78, 5) is 0. The molecule has 0 N–H and O–H groups in total. The van der Waals surface area contributed by atoms with Gasteiger partial charge >= 0.3 is 0 Å². The highest BCUT2D eigenvalue weighted by Crippen LogP contribution is 2.13. The van der Waals surface area contributed by atoms with Gasteiger partial charge in [-0.2, -0.15) is 0 Å². The molecule has 2 radical (unpaired) electrons. The van der Waals surface area contributed by atoms with Crippen molar-refractivity contribution in [2.24, 2.45) is 0 Å². The first-order valence-corrected chi connectivity index (χ1v) is 3.29. The van der Waals surface area contributed by atoms with E-state index in [1.807, 2.05) is 0 Å². The van der Waals surface area contributed by atoms with E-state index in [-0.39, 0.29) is 6.04 Å². The van der Waals surface area contributed by atoms with Crippen molar-refractivity contribution < 1.29 is 4.74 Å². The van der Waals surface area contributed by atoms with Crippen LogP contribution in [0.4, 0.5) is 0 Å². The van der Waals surface area contributed by atoms with E-state index in [0.29, 0.717) is 6.61 Å². The zero-order valence-corrected chi connectivity index (χ0v) is 5.71. The third-order valence-electron chi connectivity index (χ3n) is 1.71. The first-order valence-electron chi connectivity index (χ1n) is 3.29. The zero-order valence-electron chi connectivity index (χ0n) is 5.71. The van der Waals surface area contributed by atoms with Crippen molar-refractivity contribution in [2.75, 3.05) is 20.3 Å². The first kappa shape index (κ1) is 6.99. The molecule has 9 heavy (non-hydrogen) atoms. The van der Waals surface area contributed by atoms with Gasteiger partial charge in [0.15, 0.2) is 0 Å². The average Bonchev–Trinajstić information content (AvgIpc) is 2.18. The Hall–Kier alpha value is -0.120. The van der Waals surface area contributed by atoms with Crippen LogP contribution in [0.3, 0.4) is 0 Å². The molecule has 1 heterocycles. The maximum Gasteiger partial charge on any atom is 0.0633 e. The smallest absolute Gasteiger partial charge is 0.0633 e. The summed E-state index contributed by atoms with van der Waals surface area (Å²) in [7, 11) is 1.66. The Balaban J connectivity index is 2.22. The number of hydrogen-bond donors (Lipinski definition) is 0. The van der Waals surface area contributed by atoms with Gasteiger partial charge < -0.3 is 4.74 Å². The van der Waals surface area contributed by atoms with Crippen molar-refractivity contribution in [1.82, 2.24) is 10.9 Å². The lowest BCUT2D eigenvalue weighted by atomic mass is 10.2. The van der Waals surface area contributed by atoms with Crippen molar-refractivity contribution in [1.29, 1.82) is 0 Å². The van der Waals surface area contributed by atoms with E-state index >= 15 is 0 Å². The SMILES string of the molecule is COCC1CCCN1[N]. The molecule has 3 heteroatoms. The van der Waals surface area contributed by atoms with Crippen LogP contribution in [-0.2, 0) is 4.74 Å². The van der Waals surface area contributed by atoms with E-state index in [2.05, 4.69) is 0 Å². The van der Waals surface area contributed by atoms with Gasteiger partial charge in [-0.05, 0) is 18.7 Å². The fourth-order valence-electron chi connectivity index (χ4n) is 1.18. The predicted molar refractivity (Wildman–Crippen MR) is 33.7 cm³/mol. The van der Waals surface area contributed by atoms with E-state index < -0.39 is 0 Å². The van der Waals surface area contributed by atoms with Crippen LogP contribution in [0.5, 0.6) is 0 Å². The summed E-state index contributed by atoms with van der Waals surface area (Å²) < 4.78 is 4.89. The van der Waals surface area contributed by atoms with Crippen molar-refractivity contribution in [2.45, 2.75) is 18.9 Å². The Morgan fingerprint density at radius 3 is 3.00 bits per heavy atom. The predicted octanol–water partition coefficient (Wildman–Crippen LogP) is 0.0809. The van der Waals surface area contributed by atoms with Crippen LogP contribution in [-0.4, -0.2) is 31.3 Å². The topological polar surface area (TPSA) is 34.8 Å². The highest BCUT2D eigenvalue weighted by molar-refractivity contribution is 4.73. The van der Waals surface area contributed by atoms with Gasteiger partial charge in [0.05, 0.1) is 12.6 Å². The molecule has 0 amide bonds. The normalized spacial score (nSPS) is 29.3. The molecular weight excluding hydrogens is 116 g/mol. The molecule has 0 aliphatic carbocycles. The molecule has 1 rings (SSSR count). The van der Waals surface area contributed by atoms with Crippen LogP contribution in [0, 0.1) is 0 Å². The molecule has 0 saturated carbocycles. The fourth-order valence-corrected chi connectivity index (χ4v) is 1.18. The van der Waals surface area contributed by atoms with Gasteiger partial charge in [0.2, 0.25) is 0 Å². The summed E-state index contributed by atoms with van der Waals surface area (Å²) in [5.41, 5.74) is 0. The van der Waals surface area contributed by atoms with Crippen LogP contribution in [0.15, 0.2) is 0 Å². The van der Waals surface area contributed by atoms with E-state index in [4.69, 9.17) is 10.6 Å². The van der Waals surface area contributed by atoms with Gasteiger partial charge in [0, 0.05) is 13.7 Å². The lowest BCUT2D eigenvalue weighted by molar-refractivity contribution is 0.111. The summed E-state index contributed by atoms with van der Waals surface area (Å²) in [6.45, 7) is 1.45. The Morgan fingerprint density at radius 1 is 1.78 bits per heavy atom. The van der Waals surface area contributed by atoms with Gasteiger partial charge in [0.1, 0.15) is 0 Å². The Morgan fingerprint density at radius 2 is 2.56 bits per heavy atom. The van der Waals surface area contributed by atoms with Crippen LogP contribution in [0.2, 0.25) is 0 Å². The summed E-state index contributed by atoms with van der Waals surface area (Å²) in [6.07, 6.45) is 2.15. The minimum Gasteiger partial charge on any atom is -0.383 e. The Kier molecular flexibility index (Phi) is 2.45. The molecule has 3 nitrogen and oxygen atoms in total. The van der Waals surface area contributed by atoms with Gasteiger partial charge in [-0.3, -0.25) is 0 Å². The maximum absolute atomic E-state index is 9.07. The lowest BCUT2D eigenvalue weighted by Gasteiger charge is -2.13. The zero-order chi connectivity index (χ0) is 6.69. The molecule has 1 saturated heterocycles. The van der Waals surface area contributed by atoms with Crippen LogP contribution in [0.25, 0.3) is 0 Å². The third kappa shape index (κ3) is 1.64. The molecule has 1 atom stereocenters. The standard InChI is InChI=1S/C6H12N2O/c1-9-5-6-3-2-4-8(6)7/h6H,2-5H2,1H3. The molecule has 0 aromatic heterocycles. The minimum atomic E-state index is 0.245. The van der Waals surface area contributed by atoms with Gasteiger partial charge in [0.25, 0.3) is 0 Å². The monoisotopic (exact) mass is 128 g/mol. The van der Waals surface area contributed by atoms with Crippen molar-refractivity contribution >= 4 is 0 Å². The molecule has 0 bridgehead atoms. The van der Waals surface area contributed by atoms with E-state index in [1.165, 1.54) is 5.01 Å². The molecule has 52 valence electrons. The number of nitrogens with zero attached hydrogens (tertiary/aromatic N) is 2. The van der Waals surface area contributed by atoms with Crippen molar-refractivity contribution in [3.05, 3.63) is 0 Å².